The Morgan fingerprint density at radius 2 is 1.96 bits per heavy atom. The maximum atomic E-state index is 12.2. The van der Waals surface area contributed by atoms with Gasteiger partial charge in [0.1, 0.15) is 5.58 Å². The van der Waals surface area contributed by atoms with Gasteiger partial charge in [-0.05, 0) is 37.1 Å². The first-order valence-electron chi connectivity index (χ1n) is 9.46. The lowest BCUT2D eigenvalue weighted by Crippen LogP contribution is -2.30. The average Bonchev–Trinajstić information content (AvgIpc) is 3.09. The number of benzene rings is 2. The van der Waals surface area contributed by atoms with Gasteiger partial charge in [0.25, 0.3) is 5.91 Å². The Balaban J connectivity index is 1.51. The lowest BCUT2D eigenvalue weighted by atomic mass is 10.0. The highest BCUT2D eigenvalue weighted by Crippen LogP contribution is 2.30. The van der Waals surface area contributed by atoms with Crippen molar-refractivity contribution in [1.29, 1.82) is 0 Å². The molecular formula is C22H25NO5. The Morgan fingerprint density at radius 3 is 2.79 bits per heavy atom. The van der Waals surface area contributed by atoms with E-state index >= 15 is 0 Å². The molecule has 28 heavy (non-hydrogen) atoms. The molecule has 0 spiro atoms. The molecule has 0 aliphatic carbocycles. The molecule has 3 aromatic rings. The molecule has 0 aliphatic heterocycles. The van der Waals surface area contributed by atoms with Crippen LogP contribution in [0, 0.1) is 0 Å². The lowest BCUT2D eigenvalue weighted by molar-refractivity contribution is -0.147. The third-order valence-corrected chi connectivity index (χ3v) is 4.33. The van der Waals surface area contributed by atoms with Crippen LogP contribution in [0.25, 0.3) is 21.7 Å². The maximum Gasteiger partial charge on any atom is 0.310 e. The fourth-order valence-corrected chi connectivity index (χ4v) is 3.03. The third kappa shape index (κ3) is 5.10. The molecule has 0 saturated heterocycles. The SMILES string of the molecule is CC(C)OCCCNC(=O)COC(=O)Cc1coc2ccc3ccccc3c12. The number of hydrogen-bond donors (Lipinski definition) is 1. The summed E-state index contributed by atoms with van der Waals surface area (Å²) in [6.07, 6.45) is 2.52. The summed E-state index contributed by atoms with van der Waals surface area (Å²) in [5, 5.41) is 5.72. The number of furan rings is 1. The van der Waals surface area contributed by atoms with Gasteiger partial charge >= 0.3 is 5.97 Å². The van der Waals surface area contributed by atoms with E-state index < -0.39 is 5.97 Å². The lowest BCUT2D eigenvalue weighted by Gasteiger charge is -2.08. The van der Waals surface area contributed by atoms with Crippen LogP contribution in [-0.4, -0.2) is 37.7 Å². The van der Waals surface area contributed by atoms with E-state index in [2.05, 4.69) is 5.32 Å². The monoisotopic (exact) mass is 383 g/mol. The number of carbonyl (C=O) groups excluding carboxylic acids is 2. The quantitative estimate of drug-likeness (QED) is 0.451. The predicted octanol–water partition coefficient (Wildman–Crippen LogP) is 3.60. The molecule has 0 unspecified atom stereocenters. The van der Waals surface area contributed by atoms with E-state index in [0.29, 0.717) is 19.6 Å². The van der Waals surface area contributed by atoms with Gasteiger partial charge in [-0.1, -0.05) is 30.3 Å². The first kappa shape index (κ1) is 19.9. The number of fused-ring (bicyclic) bond motifs is 3. The molecule has 0 saturated carbocycles. The minimum atomic E-state index is -0.464. The van der Waals surface area contributed by atoms with Gasteiger partial charge in [0.05, 0.1) is 18.8 Å². The topological polar surface area (TPSA) is 77.8 Å². The summed E-state index contributed by atoms with van der Waals surface area (Å²) in [5.74, 6) is -0.783. The summed E-state index contributed by atoms with van der Waals surface area (Å²) < 4.78 is 16.1. The molecule has 0 radical (unpaired) electrons. The van der Waals surface area contributed by atoms with Gasteiger partial charge in [0.15, 0.2) is 6.61 Å². The van der Waals surface area contributed by atoms with Crippen molar-refractivity contribution in [3.8, 4) is 0 Å². The molecule has 0 bridgehead atoms. The molecule has 1 N–H and O–H groups in total. The van der Waals surface area contributed by atoms with Crippen LogP contribution in [0.4, 0.5) is 0 Å². The van der Waals surface area contributed by atoms with E-state index in [9.17, 15) is 9.59 Å². The van der Waals surface area contributed by atoms with E-state index in [0.717, 1.165) is 27.3 Å². The molecule has 2 aromatic carbocycles. The summed E-state index contributed by atoms with van der Waals surface area (Å²) in [6, 6.07) is 11.8. The number of rotatable bonds is 9. The van der Waals surface area contributed by atoms with E-state index in [4.69, 9.17) is 13.9 Å². The highest BCUT2D eigenvalue weighted by atomic mass is 16.5. The standard InChI is InChI=1S/C22H25NO5/c1-15(2)26-11-5-10-23-20(24)14-28-21(25)12-17-13-27-19-9-8-16-6-3-4-7-18(16)22(17)19/h3-4,6-9,13,15H,5,10-12,14H2,1-2H3,(H,23,24). The van der Waals surface area contributed by atoms with Gasteiger partial charge in [-0.25, -0.2) is 0 Å². The second-order valence-electron chi connectivity index (χ2n) is 6.88. The molecule has 1 heterocycles. The third-order valence-electron chi connectivity index (χ3n) is 4.33. The van der Waals surface area contributed by atoms with Crippen molar-refractivity contribution in [3.05, 3.63) is 48.2 Å². The van der Waals surface area contributed by atoms with Gasteiger partial charge in [-0.2, -0.15) is 0 Å². The average molecular weight is 383 g/mol. The van der Waals surface area contributed by atoms with E-state index in [1.54, 1.807) is 6.26 Å². The van der Waals surface area contributed by atoms with Crippen LogP contribution < -0.4 is 5.32 Å². The molecule has 6 heteroatoms. The fraction of sp³-hybridized carbons (Fsp3) is 0.364. The zero-order valence-electron chi connectivity index (χ0n) is 16.2. The summed E-state index contributed by atoms with van der Waals surface area (Å²) in [6.45, 7) is 4.70. The number of ether oxygens (including phenoxy) is 2. The smallest absolute Gasteiger partial charge is 0.310 e. The van der Waals surface area contributed by atoms with Crippen molar-refractivity contribution < 1.29 is 23.5 Å². The van der Waals surface area contributed by atoms with Crippen LogP contribution in [0.15, 0.2) is 47.1 Å². The van der Waals surface area contributed by atoms with Crippen molar-refractivity contribution in [2.75, 3.05) is 19.8 Å². The van der Waals surface area contributed by atoms with E-state index in [-0.39, 0.29) is 25.0 Å². The van der Waals surface area contributed by atoms with Gasteiger partial charge in [0, 0.05) is 24.1 Å². The summed E-state index contributed by atoms with van der Waals surface area (Å²) in [5.41, 5.74) is 1.48. The summed E-state index contributed by atoms with van der Waals surface area (Å²) >= 11 is 0. The summed E-state index contributed by atoms with van der Waals surface area (Å²) in [4.78, 5) is 24.0. The van der Waals surface area contributed by atoms with Crippen molar-refractivity contribution in [1.82, 2.24) is 5.32 Å². The first-order valence-corrected chi connectivity index (χ1v) is 9.46. The largest absolute Gasteiger partial charge is 0.464 e. The Hall–Kier alpha value is -2.86. The molecule has 3 rings (SSSR count). The van der Waals surface area contributed by atoms with Crippen LogP contribution >= 0.6 is 0 Å². The number of esters is 1. The Labute approximate surface area is 163 Å². The molecule has 148 valence electrons. The van der Waals surface area contributed by atoms with Gasteiger partial charge in [0.2, 0.25) is 0 Å². The highest BCUT2D eigenvalue weighted by molar-refractivity contribution is 6.08. The van der Waals surface area contributed by atoms with Crippen molar-refractivity contribution in [3.63, 3.8) is 0 Å². The van der Waals surface area contributed by atoms with Crippen LogP contribution in [0.1, 0.15) is 25.8 Å². The number of carbonyl (C=O) groups is 2. The van der Waals surface area contributed by atoms with Gasteiger partial charge in [-0.15, -0.1) is 0 Å². The minimum Gasteiger partial charge on any atom is -0.464 e. The molecule has 6 nitrogen and oxygen atoms in total. The van der Waals surface area contributed by atoms with Crippen LogP contribution in [-0.2, 0) is 25.5 Å². The zero-order valence-corrected chi connectivity index (χ0v) is 16.2. The summed E-state index contributed by atoms with van der Waals surface area (Å²) in [7, 11) is 0. The van der Waals surface area contributed by atoms with Crippen LogP contribution in [0.3, 0.4) is 0 Å². The molecule has 1 amide bonds. The highest BCUT2D eigenvalue weighted by Gasteiger charge is 2.15. The van der Waals surface area contributed by atoms with E-state index in [1.165, 1.54) is 0 Å². The Kier molecular flexibility index (Phi) is 6.66. The second kappa shape index (κ2) is 9.37. The normalized spacial score (nSPS) is 11.2. The Bertz CT molecular complexity index is 960. The van der Waals surface area contributed by atoms with Crippen molar-refractivity contribution in [2.24, 2.45) is 0 Å². The van der Waals surface area contributed by atoms with E-state index in [1.807, 2.05) is 50.2 Å². The first-order chi connectivity index (χ1) is 13.5. The second-order valence-corrected chi connectivity index (χ2v) is 6.88. The van der Waals surface area contributed by atoms with Crippen LogP contribution in [0.5, 0.6) is 0 Å². The van der Waals surface area contributed by atoms with Crippen LogP contribution in [0.2, 0.25) is 0 Å². The van der Waals surface area contributed by atoms with Gasteiger partial charge < -0.3 is 19.2 Å². The van der Waals surface area contributed by atoms with Crippen molar-refractivity contribution in [2.45, 2.75) is 32.8 Å². The molecule has 1 aromatic heterocycles. The maximum absolute atomic E-state index is 12.2. The molecule has 0 aliphatic rings. The van der Waals surface area contributed by atoms with Gasteiger partial charge in [-0.3, -0.25) is 9.59 Å². The molecule has 0 fully saturated rings. The minimum absolute atomic E-state index is 0.0521. The molecule has 0 atom stereocenters. The number of amides is 1. The Morgan fingerprint density at radius 1 is 1.14 bits per heavy atom. The molecular weight excluding hydrogens is 358 g/mol. The zero-order chi connectivity index (χ0) is 19.9. The predicted molar refractivity (Wildman–Crippen MR) is 107 cm³/mol. The number of hydrogen-bond acceptors (Lipinski definition) is 5. The van der Waals surface area contributed by atoms with Crippen molar-refractivity contribution >= 4 is 33.6 Å². The fourth-order valence-electron chi connectivity index (χ4n) is 3.03. The number of nitrogens with one attached hydrogen (secondary N) is 1.